The number of hydrogen-bond acceptors (Lipinski definition) is 3. The molecule has 2 N–H and O–H groups in total. The summed E-state index contributed by atoms with van der Waals surface area (Å²) in [5, 5.41) is 0. The zero-order chi connectivity index (χ0) is 10.7. The first kappa shape index (κ1) is 9.52. The Kier molecular flexibility index (Phi) is 2.54. The second kappa shape index (κ2) is 4.00. The number of aromatic nitrogens is 1. The molecule has 3 nitrogen and oxygen atoms in total. The highest BCUT2D eigenvalue weighted by molar-refractivity contribution is 5.37. The predicted molar refractivity (Wildman–Crippen MR) is 59.9 cm³/mol. The van der Waals surface area contributed by atoms with Crippen LogP contribution in [0.1, 0.15) is 5.56 Å². The number of nitrogen functional groups attached to an aromatic ring is 1. The molecule has 0 amide bonds. The number of pyridine rings is 1. The molecule has 1 aromatic carbocycles. The summed E-state index contributed by atoms with van der Waals surface area (Å²) in [6.07, 6.45) is 1.57. The van der Waals surface area contributed by atoms with Gasteiger partial charge in [-0.05, 0) is 25.1 Å². The minimum Gasteiger partial charge on any atom is -0.439 e. The van der Waals surface area contributed by atoms with E-state index < -0.39 is 0 Å². The number of hydrogen-bond donors (Lipinski definition) is 1. The van der Waals surface area contributed by atoms with E-state index in [-0.39, 0.29) is 0 Å². The number of ether oxygens (including phenoxy) is 1. The minimum atomic E-state index is 0.549. The zero-order valence-corrected chi connectivity index (χ0v) is 8.47. The Morgan fingerprint density at radius 3 is 2.40 bits per heavy atom. The lowest BCUT2D eigenvalue weighted by Gasteiger charge is -2.04. The molecular formula is C12H12N2O. The monoisotopic (exact) mass is 200 g/mol. The second-order valence-corrected chi connectivity index (χ2v) is 3.34. The molecule has 1 heterocycles. The molecule has 0 aliphatic rings. The van der Waals surface area contributed by atoms with Crippen LogP contribution in [-0.4, -0.2) is 4.98 Å². The average Bonchev–Trinajstić information content (AvgIpc) is 2.25. The molecule has 0 saturated heterocycles. The molecule has 0 bridgehead atoms. The molecule has 0 atom stereocenters. The van der Waals surface area contributed by atoms with E-state index in [4.69, 9.17) is 10.5 Å². The summed E-state index contributed by atoms with van der Waals surface area (Å²) in [5.41, 5.74) is 7.35. The number of benzene rings is 1. The van der Waals surface area contributed by atoms with E-state index in [1.54, 1.807) is 18.3 Å². The Balaban J connectivity index is 2.15. The van der Waals surface area contributed by atoms with Crippen molar-refractivity contribution in [1.29, 1.82) is 0 Å². The maximum absolute atomic E-state index is 5.52. The molecule has 1 aromatic heterocycles. The van der Waals surface area contributed by atoms with Gasteiger partial charge in [-0.3, -0.25) is 0 Å². The van der Waals surface area contributed by atoms with E-state index >= 15 is 0 Å². The first-order valence-corrected chi connectivity index (χ1v) is 4.70. The molecule has 15 heavy (non-hydrogen) atoms. The van der Waals surface area contributed by atoms with Gasteiger partial charge in [0.05, 0.1) is 11.9 Å². The van der Waals surface area contributed by atoms with Crippen molar-refractivity contribution in [2.45, 2.75) is 6.92 Å². The summed E-state index contributed by atoms with van der Waals surface area (Å²) >= 11 is 0. The van der Waals surface area contributed by atoms with Crippen LogP contribution in [0.5, 0.6) is 11.6 Å². The lowest BCUT2D eigenvalue weighted by molar-refractivity contribution is 0.463. The fourth-order valence-electron chi connectivity index (χ4n) is 1.18. The van der Waals surface area contributed by atoms with Crippen molar-refractivity contribution in [3.63, 3.8) is 0 Å². The van der Waals surface area contributed by atoms with Crippen LogP contribution in [0, 0.1) is 6.92 Å². The van der Waals surface area contributed by atoms with E-state index in [2.05, 4.69) is 4.98 Å². The lowest BCUT2D eigenvalue weighted by Crippen LogP contribution is -1.90. The van der Waals surface area contributed by atoms with Crippen molar-refractivity contribution >= 4 is 5.69 Å². The molecule has 2 aromatic rings. The molecule has 0 saturated carbocycles. The summed E-state index contributed by atoms with van der Waals surface area (Å²) in [4.78, 5) is 4.05. The van der Waals surface area contributed by atoms with Crippen LogP contribution >= 0.6 is 0 Å². The van der Waals surface area contributed by atoms with Gasteiger partial charge in [-0.15, -0.1) is 0 Å². The molecule has 0 spiro atoms. The Labute approximate surface area is 88.5 Å². The molecule has 0 aliphatic carbocycles. The second-order valence-electron chi connectivity index (χ2n) is 3.34. The molecule has 0 unspecified atom stereocenters. The third-order valence-electron chi connectivity index (χ3n) is 2.00. The molecule has 3 heteroatoms. The van der Waals surface area contributed by atoms with Crippen LogP contribution < -0.4 is 10.5 Å². The van der Waals surface area contributed by atoms with E-state index in [9.17, 15) is 0 Å². The van der Waals surface area contributed by atoms with Crippen LogP contribution in [0.4, 0.5) is 5.69 Å². The van der Waals surface area contributed by atoms with Crippen LogP contribution in [0.25, 0.3) is 0 Å². The smallest absolute Gasteiger partial charge is 0.219 e. The van der Waals surface area contributed by atoms with Crippen LogP contribution in [0.2, 0.25) is 0 Å². The molecule has 0 radical (unpaired) electrons. The summed E-state index contributed by atoms with van der Waals surface area (Å²) in [5.74, 6) is 1.32. The average molecular weight is 200 g/mol. The fourth-order valence-corrected chi connectivity index (χ4v) is 1.18. The number of aryl methyl sites for hydroxylation is 1. The number of nitrogens with zero attached hydrogens (tertiary/aromatic N) is 1. The summed E-state index contributed by atoms with van der Waals surface area (Å²) in [6, 6.07) is 11.3. The number of anilines is 1. The summed E-state index contributed by atoms with van der Waals surface area (Å²) < 4.78 is 5.52. The van der Waals surface area contributed by atoms with Gasteiger partial charge < -0.3 is 10.5 Å². The van der Waals surface area contributed by atoms with Gasteiger partial charge in [-0.2, -0.15) is 0 Å². The van der Waals surface area contributed by atoms with Crippen molar-refractivity contribution in [3.8, 4) is 11.6 Å². The molecule has 0 fully saturated rings. The van der Waals surface area contributed by atoms with E-state index in [0.29, 0.717) is 11.6 Å². The van der Waals surface area contributed by atoms with Crippen molar-refractivity contribution in [2.75, 3.05) is 5.73 Å². The van der Waals surface area contributed by atoms with Crippen LogP contribution in [-0.2, 0) is 0 Å². The van der Waals surface area contributed by atoms with Gasteiger partial charge in [0.15, 0.2) is 0 Å². The highest BCUT2D eigenvalue weighted by Crippen LogP contribution is 2.19. The van der Waals surface area contributed by atoms with E-state index in [1.165, 1.54) is 5.56 Å². The molecule has 76 valence electrons. The normalized spacial score (nSPS) is 9.93. The maximum Gasteiger partial charge on any atom is 0.219 e. The standard InChI is InChI=1S/C12H12N2O/c1-9-2-5-11(6-3-9)15-12-7-4-10(13)8-14-12/h2-8H,13H2,1H3. The van der Waals surface area contributed by atoms with Gasteiger partial charge in [0.1, 0.15) is 5.75 Å². The van der Waals surface area contributed by atoms with Crippen molar-refractivity contribution in [2.24, 2.45) is 0 Å². The summed E-state index contributed by atoms with van der Waals surface area (Å²) in [7, 11) is 0. The third kappa shape index (κ3) is 2.47. The van der Waals surface area contributed by atoms with E-state index in [0.717, 1.165) is 5.75 Å². The topological polar surface area (TPSA) is 48.1 Å². The third-order valence-corrected chi connectivity index (χ3v) is 2.00. The minimum absolute atomic E-state index is 0.549. The summed E-state index contributed by atoms with van der Waals surface area (Å²) in [6.45, 7) is 2.03. The van der Waals surface area contributed by atoms with Gasteiger partial charge in [-0.25, -0.2) is 4.98 Å². The van der Waals surface area contributed by atoms with Crippen LogP contribution in [0.15, 0.2) is 42.6 Å². The molecule has 2 rings (SSSR count). The number of nitrogens with two attached hydrogens (primary N) is 1. The van der Waals surface area contributed by atoms with Gasteiger partial charge in [0, 0.05) is 6.07 Å². The van der Waals surface area contributed by atoms with Gasteiger partial charge >= 0.3 is 0 Å². The SMILES string of the molecule is Cc1ccc(Oc2ccc(N)cn2)cc1. The van der Waals surface area contributed by atoms with E-state index in [1.807, 2.05) is 31.2 Å². The number of rotatable bonds is 2. The maximum atomic E-state index is 5.52. The Morgan fingerprint density at radius 2 is 1.80 bits per heavy atom. The zero-order valence-electron chi connectivity index (χ0n) is 8.47. The quantitative estimate of drug-likeness (QED) is 0.810. The predicted octanol–water partition coefficient (Wildman–Crippen LogP) is 2.76. The first-order valence-electron chi connectivity index (χ1n) is 4.70. The lowest BCUT2D eigenvalue weighted by atomic mass is 10.2. The van der Waals surface area contributed by atoms with Crippen LogP contribution in [0.3, 0.4) is 0 Å². The largest absolute Gasteiger partial charge is 0.439 e. The molecule has 0 aliphatic heterocycles. The van der Waals surface area contributed by atoms with Crippen molar-refractivity contribution in [3.05, 3.63) is 48.2 Å². The highest BCUT2D eigenvalue weighted by atomic mass is 16.5. The fraction of sp³-hybridized carbons (Fsp3) is 0.0833. The van der Waals surface area contributed by atoms with Gasteiger partial charge in [0.25, 0.3) is 0 Å². The van der Waals surface area contributed by atoms with Gasteiger partial charge in [0.2, 0.25) is 5.88 Å². The molecular weight excluding hydrogens is 188 g/mol. The van der Waals surface area contributed by atoms with Gasteiger partial charge in [-0.1, -0.05) is 17.7 Å². The van der Waals surface area contributed by atoms with Crippen molar-refractivity contribution < 1.29 is 4.74 Å². The van der Waals surface area contributed by atoms with Crippen molar-refractivity contribution in [1.82, 2.24) is 4.98 Å². The Hall–Kier alpha value is -2.03. The Morgan fingerprint density at radius 1 is 1.07 bits per heavy atom. The highest BCUT2D eigenvalue weighted by Gasteiger charge is 1.97. The first-order chi connectivity index (χ1) is 7.24. The Bertz CT molecular complexity index is 391.